The quantitative estimate of drug-likeness (QED) is 0.899. The molecule has 136 valence electrons. The molecule has 6 nitrogen and oxygen atoms in total. The summed E-state index contributed by atoms with van der Waals surface area (Å²) in [6, 6.07) is 9.02. The molecule has 0 aliphatic carbocycles. The number of benzene rings is 1. The second-order valence-electron chi connectivity index (χ2n) is 6.31. The first-order valence-electron chi connectivity index (χ1n) is 8.48. The number of rotatable bonds is 3. The first-order valence-corrected chi connectivity index (χ1v) is 8.86. The van der Waals surface area contributed by atoms with Gasteiger partial charge in [-0.1, -0.05) is 17.7 Å². The number of hydrogen-bond acceptors (Lipinski definition) is 4. The molecule has 1 aromatic heterocycles. The Kier molecular flexibility index (Phi) is 5.42. The highest BCUT2D eigenvalue weighted by Gasteiger charge is 2.23. The molecule has 0 unspecified atom stereocenters. The predicted octanol–water partition coefficient (Wildman–Crippen LogP) is 3.09. The van der Waals surface area contributed by atoms with Crippen molar-refractivity contribution in [3.63, 3.8) is 0 Å². The summed E-state index contributed by atoms with van der Waals surface area (Å²) in [5, 5.41) is 3.85. The Bertz CT molecular complexity index is 832. The van der Waals surface area contributed by atoms with Crippen LogP contribution in [0.3, 0.4) is 0 Å². The lowest BCUT2D eigenvalue weighted by Crippen LogP contribution is -2.50. The average Bonchev–Trinajstić information content (AvgIpc) is 2.64. The molecule has 0 bridgehead atoms. The number of carbonyl (C=O) groups is 2. The summed E-state index contributed by atoms with van der Waals surface area (Å²) < 4.78 is 0. The number of anilines is 2. The normalized spacial score (nSPS) is 14.3. The van der Waals surface area contributed by atoms with E-state index in [1.807, 2.05) is 25.1 Å². The molecular formula is C19H21ClN4O2. The second kappa shape index (κ2) is 7.74. The van der Waals surface area contributed by atoms with E-state index < -0.39 is 0 Å². The van der Waals surface area contributed by atoms with E-state index in [2.05, 4.69) is 10.3 Å². The van der Waals surface area contributed by atoms with Gasteiger partial charge >= 0.3 is 0 Å². The van der Waals surface area contributed by atoms with Crippen LogP contribution in [0.5, 0.6) is 0 Å². The number of piperazine rings is 1. The summed E-state index contributed by atoms with van der Waals surface area (Å²) in [5.41, 5.74) is 2.46. The smallest absolute Gasteiger partial charge is 0.254 e. The number of carbonyl (C=O) groups excluding carboxylic acids is 2. The molecule has 0 saturated carbocycles. The van der Waals surface area contributed by atoms with Crippen molar-refractivity contribution in [2.75, 3.05) is 31.5 Å². The van der Waals surface area contributed by atoms with Gasteiger partial charge in [0.25, 0.3) is 5.91 Å². The third-order valence-corrected chi connectivity index (χ3v) is 4.72. The lowest BCUT2D eigenvalue weighted by atomic mass is 10.2. The van der Waals surface area contributed by atoms with E-state index in [0.29, 0.717) is 42.6 Å². The zero-order valence-corrected chi connectivity index (χ0v) is 15.6. The fraction of sp³-hybridized carbons (Fsp3) is 0.316. The fourth-order valence-electron chi connectivity index (χ4n) is 2.91. The Morgan fingerprint density at radius 2 is 1.77 bits per heavy atom. The van der Waals surface area contributed by atoms with Gasteiger partial charge in [-0.05, 0) is 36.8 Å². The van der Waals surface area contributed by atoms with Gasteiger partial charge in [-0.15, -0.1) is 0 Å². The number of aryl methyl sites for hydroxylation is 1. The molecule has 2 aromatic rings. The number of nitrogens with one attached hydrogen (secondary N) is 1. The molecule has 1 aliphatic heterocycles. The highest BCUT2D eigenvalue weighted by molar-refractivity contribution is 6.30. The molecular weight excluding hydrogens is 352 g/mol. The van der Waals surface area contributed by atoms with Crippen molar-refractivity contribution >= 4 is 34.9 Å². The predicted molar refractivity (Wildman–Crippen MR) is 102 cm³/mol. The number of hydrogen-bond donors (Lipinski definition) is 1. The standard InChI is InChI=1S/C19H21ClN4O2/c1-13-3-4-16(20)12-17(13)22-18-11-15(5-6-21-18)19(26)24-9-7-23(8-10-24)14(2)25/h3-6,11-12H,7-10H2,1-2H3,(H,21,22). The highest BCUT2D eigenvalue weighted by Crippen LogP contribution is 2.24. The summed E-state index contributed by atoms with van der Waals surface area (Å²) in [6.07, 6.45) is 1.61. The van der Waals surface area contributed by atoms with Gasteiger partial charge in [0, 0.05) is 55.6 Å². The molecule has 1 N–H and O–H groups in total. The average molecular weight is 373 g/mol. The molecule has 7 heteroatoms. The maximum atomic E-state index is 12.7. The Morgan fingerprint density at radius 3 is 2.46 bits per heavy atom. The molecule has 2 heterocycles. The van der Waals surface area contributed by atoms with E-state index in [9.17, 15) is 9.59 Å². The second-order valence-corrected chi connectivity index (χ2v) is 6.75. The van der Waals surface area contributed by atoms with Crippen LogP contribution in [0.15, 0.2) is 36.5 Å². The Hall–Kier alpha value is -2.60. The molecule has 0 radical (unpaired) electrons. The van der Waals surface area contributed by atoms with E-state index >= 15 is 0 Å². The third-order valence-electron chi connectivity index (χ3n) is 4.48. The molecule has 1 aliphatic rings. The van der Waals surface area contributed by atoms with Crippen molar-refractivity contribution in [2.45, 2.75) is 13.8 Å². The van der Waals surface area contributed by atoms with Crippen LogP contribution in [0.2, 0.25) is 5.02 Å². The van der Waals surface area contributed by atoms with Crippen molar-refractivity contribution in [3.8, 4) is 0 Å². The number of amides is 2. The molecule has 0 atom stereocenters. The number of nitrogens with zero attached hydrogens (tertiary/aromatic N) is 3. The van der Waals surface area contributed by atoms with E-state index in [1.54, 1.807) is 35.1 Å². The molecule has 1 fully saturated rings. The number of aromatic nitrogens is 1. The minimum Gasteiger partial charge on any atom is -0.340 e. The van der Waals surface area contributed by atoms with Crippen LogP contribution in [0.4, 0.5) is 11.5 Å². The zero-order valence-electron chi connectivity index (χ0n) is 14.8. The number of halogens is 1. The van der Waals surface area contributed by atoms with E-state index in [-0.39, 0.29) is 11.8 Å². The molecule has 2 amide bonds. The minimum atomic E-state index is -0.0542. The van der Waals surface area contributed by atoms with Crippen molar-refractivity contribution in [3.05, 3.63) is 52.7 Å². The maximum absolute atomic E-state index is 12.7. The topological polar surface area (TPSA) is 65.5 Å². The van der Waals surface area contributed by atoms with Crippen LogP contribution in [-0.4, -0.2) is 52.8 Å². The largest absolute Gasteiger partial charge is 0.340 e. The van der Waals surface area contributed by atoms with Crippen LogP contribution in [0.1, 0.15) is 22.8 Å². The Morgan fingerprint density at radius 1 is 1.08 bits per heavy atom. The minimum absolute atomic E-state index is 0.0457. The van der Waals surface area contributed by atoms with Crippen molar-refractivity contribution < 1.29 is 9.59 Å². The lowest BCUT2D eigenvalue weighted by molar-refractivity contribution is -0.130. The first-order chi connectivity index (χ1) is 12.4. The van der Waals surface area contributed by atoms with Gasteiger partial charge in [0.2, 0.25) is 5.91 Å². The van der Waals surface area contributed by atoms with Gasteiger partial charge in [-0.2, -0.15) is 0 Å². The van der Waals surface area contributed by atoms with Crippen LogP contribution >= 0.6 is 11.6 Å². The van der Waals surface area contributed by atoms with Gasteiger partial charge in [0.1, 0.15) is 5.82 Å². The summed E-state index contributed by atoms with van der Waals surface area (Å²) in [5.74, 6) is 0.578. The fourth-order valence-corrected chi connectivity index (χ4v) is 3.08. The maximum Gasteiger partial charge on any atom is 0.254 e. The van der Waals surface area contributed by atoms with Gasteiger partial charge in [-0.25, -0.2) is 4.98 Å². The third kappa shape index (κ3) is 4.14. The van der Waals surface area contributed by atoms with E-state index in [4.69, 9.17) is 11.6 Å². The van der Waals surface area contributed by atoms with Crippen LogP contribution in [0, 0.1) is 6.92 Å². The van der Waals surface area contributed by atoms with E-state index in [1.165, 1.54) is 0 Å². The first kappa shape index (κ1) is 18.2. The molecule has 1 aromatic carbocycles. The summed E-state index contributed by atoms with van der Waals surface area (Å²) >= 11 is 6.05. The summed E-state index contributed by atoms with van der Waals surface area (Å²) in [7, 11) is 0. The van der Waals surface area contributed by atoms with E-state index in [0.717, 1.165) is 11.3 Å². The Balaban J connectivity index is 1.72. The molecule has 26 heavy (non-hydrogen) atoms. The summed E-state index contributed by atoms with van der Waals surface area (Å²) in [4.78, 5) is 32.0. The molecule has 1 saturated heterocycles. The van der Waals surface area contributed by atoms with Gasteiger partial charge < -0.3 is 15.1 Å². The highest BCUT2D eigenvalue weighted by atomic mass is 35.5. The monoisotopic (exact) mass is 372 g/mol. The van der Waals surface area contributed by atoms with Crippen molar-refractivity contribution in [1.82, 2.24) is 14.8 Å². The van der Waals surface area contributed by atoms with Crippen LogP contribution in [0.25, 0.3) is 0 Å². The van der Waals surface area contributed by atoms with Gasteiger partial charge in [-0.3, -0.25) is 9.59 Å². The SMILES string of the molecule is CC(=O)N1CCN(C(=O)c2ccnc(Nc3cc(Cl)ccc3C)c2)CC1. The van der Waals surface area contributed by atoms with Crippen LogP contribution < -0.4 is 5.32 Å². The van der Waals surface area contributed by atoms with Gasteiger partial charge in [0.05, 0.1) is 0 Å². The summed E-state index contributed by atoms with van der Waals surface area (Å²) in [6.45, 7) is 5.74. The van der Waals surface area contributed by atoms with Gasteiger partial charge in [0.15, 0.2) is 0 Å². The van der Waals surface area contributed by atoms with Crippen LogP contribution in [-0.2, 0) is 4.79 Å². The zero-order chi connectivity index (χ0) is 18.7. The number of pyridine rings is 1. The van der Waals surface area contributed by atoms with Crippen molar-refractivity contribution in [1.29, 1.82) is 0 Å². The Labute approximate surface area is 157 Å². The van der Waals surface area contributed by atoms with Crippen molar-refractivity contribution in [2.24, 2.45) is 0 Å². The molecule has 0 spiro atoms. The molecule has 3 rings (SSSR count). The lowest BCUT2D eigenvalue weighted by Gasteiger charge is -2.34.